The highest BCUT2D eigenvalue weighted by Crippen LogP contribution is 2.28. The summed E-state index contributed by atoms with van der Waals surface area (Å²) in [6.45, 7) is 5.82. The number of aryl methyl sites for hydroxylation is 1. The van der Waals surface area contributed by atoms with Gasteiger partial charge >= 0.3 is 5.97 Å². The molecule has 0 radical (unpaired) electrons. The lowest BCUT2D eigenvalue weighted by molar-refractivity contribution is -0.139. The van der Waals surface area contributed by atoms with E-state index in [2.05, 4.69) is 15.9 Å². The van der Waals surface area contributed by atoms with Gasteiger partial charge in [0.15, 0.2) is 0 Å². The summed E-state index contributed by atoms with van der Waals surface area (Å²) in [4.78, 5) is 11.1. The molecule has 0 spiro atoms. The molecule has 1 rings (SSSR count). The van der Waals surface area contributed by atoms with Crippen molar-refractivity contribution >= 4 is 21.9 Å². The van der Waals surface area contributed by atoms with Crippen LogP contribution < -0.4 is 0 Å². The SMILES string of the molecule is Cc1cc(Br)cc(C(C(=O)O)C(C)C)c1. The Morgan fingerprint density at radius 1 is 1.33 bits per heavy atom. The van der Waals surface area contributed by atoms with E-state index in [-0.39, 0.29) is 5.92 Å². The number of aliphatic carboxylic acids is 1. The van der Waals surface area contributed by atoms with Gasteiger partial charge in [0.25, 0.3) is 0 Å². The Morgan fingerprint density at radius 3 is 2.33 bits per heavy atom. The average Bonchev–Trinajstić information content (AvgIpc) is 1.99. The van der Waals surface area contributed by atoms with Crippen molar-refractivity contribution in [2.45, 2.75) is 26.7 Å². The highest BCUT2D eigenvalue weighted by atomic mass is 79.9. The van der Waals surface area contributed by atoms with Crippen LogP contribution in [0.5, 0.6) is 0 Å². The third kappa shape index (κ3) is 3.06. The quantitative estimate of drug-likeness (QED) is 0.912. The van der Waals surface area contributed by atoms with E-state index < -0.39 is 11.9 Å². The molecule has 15 heavy (non-hydrogen) atoms. The Bertz CT molecular complexity index is 352. The van der Waals surface area contributed by atoms with Crippen LogP contribution in [-0.2, 0) is 4.79 Å². The van der Waals surface area contributed by atoms with Gasteiger partial charge in [-0.1, -0.05) is 35.8 Å². The minimum Gasteiger partial charge on any atom is -0.481 e. The highest BCUT2D eigenvalue weighted by molar-refractivity contribution is 9.10. The molecule has 0 saturated heterocycles. The summed E-state index contributed by atoms with van der Waals surface area (Å²) in [6.07, 6.45) is 0. The molecule has 0 aromatic heterocycles. The van der Waals surface area contributed by atoms with E-state index >= 15 is 0 Å². The van der Waals surface area contributed by atoms with Gasteiger partial charge in [-0.15, -0.1) is 0 Å². The summed E-state index contributed by atoms with van der Waals surface area (Å²) in [5.74, 6) is -1.10. The second-order valence-electron chi connectivity index (χ2n) is 4.12. The lowest BCUT2D eigenvalue weighted by Crippen LogP contribution is -2.17. The van der Waals surface area contributed by atoms with Gasteiger partial charge in [-0.05, 0) is 36.1 Å². The van der Waals surface area contributed by atoms with Gasteiger partial charge < -0.3 is 5.11 Å². The summed E-state index contributed by atoms with van der Waals surface area (Å²) >= 11 is 3.39. The van der Waals surface area contributed by atoms with Gasteiger partial charge in [0.05, 0.1) is 5.92 Å². The molecule has 0 aliphatic carbocycles. The molecule has 2 nitrogen and oxygen atoms in total. The molecule has 0 amide bonds. The zero-order chi connectivity index (χ0) is 11.6. The van der Waals surface area contributed by atoms with Gasteiger partial charge in [0.2, 0.25) is 0 Å². The van der Waals surface area contributed by atoms with Gasteiger partial charge in [0, 0.05) is 4.47 Å². The van der Waals surface area contributed by atoms with Gasteiger partial charge in [-0.25, -0.2) is 0 Å². The summed E-state index contributed by atoms with van der Waals surface area (Å²) < 4.78 is 0.935. The molecule has 0 bridgehead atoms. The van der Waals surface area contributed by atoms with E-state index in [1.54, 1.807) is 0 Å². The number of hydrogen-bond acceptors (Lipinski definition) is 1. The molecule has 0 aliphatic heterocycles. The standard InChI is InChI=1S/C12H15BrO2/c1-7(2)11(12(14)15)9-4-8(3)5-10(13)6-9/h4-7,11H,1-3H3,(H,14,15). The first-order valence-electron chi connectivity index (χ1n) is 4.91. The maximum absolute atomic E-state index is 11.1. The van der Waals surface area contributed by atoms with Crippen LogP contribution in [0.3, 0.4) is 0 Å². The van der Waals surface area contributed by atoms with Crippen LogP contribution in [0.1, 0.15) is 30.9 Å². The number of halogens is 1. The van der Waals surface area contributed by atoms with Crippen molar-refractivity contribution in [3.63, 3.8) is 0 Å². The van der Waals surface area contributed by atoms with Crippen LogP contribution in [0.15, 0.2) is 22.7 Å². The number of carboxylic acids is 1. The van der Waals surface area contributed by atoms with Crippen molar-refractivity contribution in [1.29, 1.82) is 0 Å². The second-order valence-corrected chi connectivity index (χ2v) is 5.04. The van der Waals surface area contributed by atoms with Crippen LogP contribution in [0.4, 0.5) is 0 Å². The largest absolute Gasteiger partial charge is 0.481 e. The highest BCUT2D eigenvalue weighted by Gasteiger charge is 2.23. The molecular weight excluding hydrogens is 256 g/mol. The smallest absolute Gasteiger partial charge is 0.311 e. The Labute approximate surface area is 98.4 Å². The first-order chi connectivity index (χ1) is 6.91. The molecule has 1 aromatic carbocycles. The summed E-state index contributed by atoms with van der Waals surface area (Å²) in [5, 5.41) is 9.16. The van der Waals surface area contributed by atoms with Gasteiger partial charge in [-0.2, -0.15) is 0 Å². The van der Waals surface area contributed by atoms with Crippen molar-refractivity contribution in [1.82, 2.24) is 0 Å². The van der Waals surface area contributed by atoms with Crippen LogP contribution in [0, 0.1) is 12.8 Å². The molecule has 0 aliphatic rings. The first-order valence-corrected chi connectivity index (χ1v) is 5.71. The molecule has 82 valence electrons. The Kier molecular flexibility index (Phi) is 3.91. The lowest BCUT2D eigenvalue weighted by Gasteiger charge is -2.17. The summed E-state index contributed by atoms with van der Waals surface area (Å²) in [5.41, 5.74) is 1.94. The van der Waals surface area contributed by atoms with Gasteiger partial charge in [0.1, 0.15) is 0 Å². The van der Waals surface area contributed by atoms with Crippen LogP contribution >= 0.6 is 15.9 Å². The molecule has 0 fully saturated rings. The molecule has 1 unspecified atom stereocenters. The van der Waals surface area contributed by atoms with Crippen LogP contribution in [0.2, 0.25) is 0 Å². The van der Waals surface area contributed by atoms with E-state index in [1.807, 2.05) is 39.0 Å². The normalized spacial score (nSPS) is 12.9. The molecule has 1 N–H and O–H groups in total. The monoisotopic (exact) mass is 270 g/mol. The van der Waals surface area contributed by atoms with Crippen LogP contribution in [0.25, 0.3) is 0 Å². The summed E-state index contributed by atoms with van der Waals surface area (Å²) in [7, 11) is 0. The number of benzene rings is 1. The molecule has 0 saturated carbocycles. The minimum atomic E-state index is -0.762. The topological polar surface area (TPSA) is 37.3 Å². The van der Waals surface area contributed by atoms with E-state index in [1.165, 1.54) is 0 Å². The molecule has 3 heteroatoms. The number of rotatable bonds is 3. The third-order valence-corrected chi connectivity index (χ3v) is 2.81. The fourth-order valence-corrected chi connectivity index (χ4v) is 2.38. The Morgan fingerprint density at radius 2 is 1.93 bits per heavy atom. The van der Waals surface area contributed by atoms with Crippen LogP contribution in [-0.4, -0.2) is 11.1 Å². The van der Waals surface area contributed by atoms with E-state index in [9.17, 15) is 4.79 Å². The van der Waals surface area contributed by atoms with Crippen molar-refractivity contribution in [2.75, 3.05) is 0 Å². The van der Waals surface area contributed by atoms with E-state index in [0.29, 0.717) is 0 Å². The molecule has 1 aromatic rings. The predicted octanol–water partition coefficient (Wildman–Crippen LogP) is 3.58. The maximum Gasteiger partial charge on any atom is 0.311 e. The molecule has 0 heterocycles. The fraction of sp³-hybridized carbons (Fsp3) is 0.417. The number of carboxylic acid groups (broad SMARTS) is 1. The fourth-order valence-electron chi connectivity index (χ4n) is 1.76. The number of hydrogen-bond donors (Lipinski definition) is 1. The maximum atomic E-state index is 11.1. The van der Waals surface area contributed by atoms with Gasteiger partial charge in [-0.3, -0.25) is 4.79 Å². The lowest BCUT2D eigenvalue weighted by atomic mass is 9.88. The zero-order valence-corrected chi connectivity index (χ0v) is 10.7. The van der Waals surface area contributed by atoms with E-state index in [4.69, 9.17) is 5.11 Å². The van der Waals surface area contributed by atoms with Crippen molar-refractivity contribution < 1.29 is 9.90 Å². The van der Waals surface area contributed by atoms with E-state index in [0.717, 1.165) is 15.6 Å². The number of carbonyl (C=O) groups is 1. The summed E-state index contributed by atoms with van der Waals surface area (Å²) in [6, 6.07) is 5.79. The third-order valence-electron chi connectivity index (χ3n) is 2.36. The average molecular weight is 271 g/mol. The predicted molar refractivity (Wildman–Crippen MR) is 64.1 cm³/mol. The molecule has 1 atom stereocenters. The second kappa shape index (κ2) is 4.79. The Hall–Kier alpha value is -0.830. The zero-order valence-electron chi connectivity index (χ0n) is 9.12. The van der Waals surface area contributed by atoms with Crippen molar-refractivity contribution in [2.24, 2.45) is 5.92 Å². The minimum absolute atomic E-state index is 0.0937. The van der Waals surface area contributed by atoms with Crippen molar-refractivity contribution in [3.05, 3.63) is 33.8 Å². The first kappa shape index (κ1) is 12.2. The Balaban J connectivity index is 3.17. The van der Waals surface area contributed by atoms with Crippen molar-refractivity contribution in [3.8, 4) is 0 Å². The molecular formula is C12H15BrO2.